The summed E-state index contributed by atoms with van der Waals surface area (Å²) >= 11 is 2.34. The molecule has 3 aromatic rings. The van der Waals surface area contributed by atoms with Gasteiger partial charge < -0.3 is 5.73 Å². The van der Waals surface area contributed by atoms with Gasteiger partial charge in [-0.1, -0.05) is 102 Å². The lowest BCUT2D eigenvalue weighted by Crippen LogP contribution is -2.41. The van der Waals surface area contributed by atoms with E-state index in [-0.39, 0.29) is 0 Å². The Kier molecular flexibility index (Phi) is 8.89. The van der Waals surface area contributed by atoms with Crippen molar-refractivity contribution in [3.63, 3.8) is 0 Å². The van der Waals surface area contributed by atoms with Gasteiger partial charge in [0.25, 0.3) is 0 Å². The van der Waals surface area contributed by atoms with Gasteiger partial charge in [-0.3, -0.25) is 0 Å². The van der Waals surface area contributed by atoms with Crippen LogP contribution in [-0.4, -0.2) is 13.0 Å². The molecule has 1 nitrogen and oxygen atoms in total. The first-order valence-corrected chi connectivity index (χ1v) is 16.4. The van der Waals surface area contributed by atoms with Crippen LogP contribution in [0, 0.1) is 0 Å². The highest BCUT2D eigenvalue weighted by atomic mass is 32.4. The van der Waals surface area contributed by atoms with E-state index in [9.17, 15) is 0 Å². The Hall–Kier alpha value is -1.97. The van der Waals surface area contributed by atoms with Crippen LogP contribution in [-0.2, 0) is 6.42 Å². The van der Waals surface area contributed by atoms with Gasteiger partial charge in [-0.05, 0) is 75.2 Å². The highest BCUT2D eigenvalue weighted by Crippen LogP contribution is 2.49. The van der Waals surface area contributed by atoms with Crippen LogP contribution in [0.1, 0.15) is 53.5 Å². The zero-order valence-corrected chi connectivity index (χ0v) is 23.1. The quantitative estimate of drug-likeness (QED) is 0.179. The summed E-state index contributed by atoms with van der Waals surface area (Å²) < 4.78 is 0. The molecule has 0 saturated heterocycles. The van der Waals surface area contributed by atoms with Crippen molar-refractivity contribution in [2.24, 2.45) is 0 Å². The number of aryl methyl sites for hydroxylation is 1. The largest absolute Gasteiger partial charge is 0.399 e. The molecule has 0 aliphatic heterocycles. The number of anilines is 1. The SMILES string of the molecule is CC(C)[Si](SCCCc1ccc(-c2ccc(-c3ccc(N)cc3)cc2)cc1)(C(C)C)C(C)C. The molecule has 0 atom stereocenters. The molecule has 3 heteroatoms. The van der Waals surface area contributed by atoms with Crippen molar-refractivity contribution in [2.75, 3.05) is 11.5 Å². The molecule has 0 aromatic heterocycles. The Morgan fingerprint density at radius 2 is 0.970 bits per heavy atom. The lowest BCUT2D eigenvalue weighted by molar-refractivity contribution is 0.849. The number of nitrogen functional groups attached to an aromatic ring is 1. The van der Waals surface area contributed by atoms with Gasteiger partial charge >= 0.3 is 0 Å². The lowest BCUT2D eigenvalue weighted by atomic mass is 9.99. The molecule has 0 amide bonds. The second kappa shape index (κ2) is 11.4. The summed E-state index contributed by atoms with van der Waals surface area (Å²) in [5.74, 6) is 1.29. The van der Waals surface area contributed by atoms with Crippen molar-refractivity contribution < 1.29 is 0 Å². The van der Waals surface area contributed by atoms with Crippen molar-refractivity contribution in [3.8, 4) is 22.3 Å². The van der Waals surface area contributed by atoms with E-state index in [4.69, 9.17) is 5.73 Å². The van der Waals surface area contributed by atoms with Crippen LogP contribution in [0.4, 0.5) is 5.69 Å². The van der Waals surface area contributed by atoms with Crippen molar-refractivity contribution in [3.05, 3.63) is 78.4 Å². The van der Waals surface area contributed by atoms with Crippen molar-refractivity contribution in [2.45, 2.75) is 71.0 Å². The van der Waals surface area contributed by atoms with Crippen LogP contribution in [0.2, 0.25) is 16.6 Å². The van der Waals surface area contributed by atoms with Crippen LogP contribution in [0.5, 0.6) is 0 Å². The molecule has 176 valence electrons. The fourth-order valence-electron chi connectivity index (χ4n) is 5.42. The summed E-state index contributed by atoms with van der Waals surface area (Å²) in [6.07, 6.45) is 2.43. The smallest absolute Gasteiger partial charge is 0.124 e. The number of benzene rings is 3. The zero-order valence-electron chi connectivity index (χ0n) is 21.3. The maximum Gasteiger partial charge on any atom is 0.124 e. The molecule has 0 unspecified atom stereocenters. The third-order valence-corrected chi connectivity index (χ3v) is 19.8. The fourth-order valence-corrected chi connectivity index (χ4v) is 15.6. The number of nitrogens with two attached hydrogens (primary N) is 1. The van der Waals surface area contributed by atoms with E-state index in [1.165, 1.54) is 46.4 Å². The van der Waals surface area contributed by atoms with Gasteiger partial charge in [-0.15, -0.1) is 0 Å². The van der Waals surface area contributed by atoms with E-state index >= 15 is 0 Å². The predicted molar refractivity (Wildman–Crippen MR) is 154 cm³/mol. The summed E-state index contributed by atoms with van der Waals surface area (Å²) in [7, 11) is -1.34. The van der Waals surface area contributed by atoms with Gasteiger partial charge in [0, 0.05) is 5.69 Å². The van der Waals surface area contributed by atoms with Crippen LogP contribution in [0.15, 0.2) is 72.8 Å². The third kappa shape index (κ3) is 6.13. The van der Waals surface area contributed by atoms with Crippen molar-refractivity contribution in [1.29, 1.82) is 0 Å². The Bertz CT molecular complexity index is 967. The first-order chi connectivity index (χ1) is 15.7. The standard InChI is InChI=1S/C30H41NSSi/c1-22(2)33(23(3)4,24(5)6)32-21-7-8-25-9-11-26(12-10-25)27-13-15-28(16-14-27)29-17-19-30(31)20-18-29/h9-20,22-24H,7-8,21,31H2,1-6H3. The minimum absolute atomic E-state index is 0.801. The zero-order chi connectivity index (χ0) is 24.0. The number of hydrogen-bond donors (Lipinski definition) is 1. The van der Waals surface area contributed by atoms with Crippen LogP contribution in [0.3, 0.4) is 0 Å². The highest BCUT2D eigenvalue weighted by molar-refractivity contribution is 8.29. The van der Waals surface area contributed by atoms with E-state index in [0.717, 1.165) is 22.3 Å². The van der Waals surface area contributed by atoms with Crippen molar-refractivity contribution >= 4 is 24.1 Å². The Balaban J connectivity index is 1.57. The van der Waals surface area contributed by atoms with Gasteiger partial charge in [-0.2, -0.15) is 11.2 Å². The molecule has 0 fully saturated rings. The molecule has 3 rings (SSSR count). The Morgan fingerprint density at radius 3 is 1.36 bits per heavy atom. The Morgan fingerprint density at radius 1 is 0.606 bits per heavy atom. The van der Waals surface area contributed by atoms with Crippen LogP contribution >= 0.6 is 11.2 Å². The minimum Gasteiger partial charge on any atom is -0.399 e. The maximum absolute atomic E-state index is 5.81. The maximum atomic E-state index is 5.81. The lowest BCUT2D eigenvalue weighted by Gasteiger charge is -2.42. The average molecular weight is 476 g/mol. The molecule has 33 heavy (non-hydrogen) atoms. The fraction of sp³-hybridized carbons (Fsp3) is 0.400. The van der Waals surface area contributed by atoms with Gasteiger partial charge in [0.05, 0.1) is 0 Å². The van der Waals surface area contributed by atoms with Gasteiger partial charge in [-0.25, -0.2) is 0 Å². The van der Waals surface area contributed by atoms with E-state index < -0.39 is 7.22 Å². The van der Waals surface area contributed by atoms with Gasteiger partial charge in [0.1, 0.15) is 7.22 Å². The number of rotatable bonds is 10. The van der Waals surface area contributed by atoms with E-state index in [2.05, 4.69) is 113 Å². The van der Waals surface area contributed by atoms with Gasteiger partial charge in [0.2, 0.25) is 0 Å². The second-order valence-electron chi connectivity index (χ2n) is 10.2. The molecule has 2 N–H and O–H groups in total. The summed E-state index contributed by atoms with van der Waals surface area (Å²) in [5.41, 5.74) is 15.5. The molecular weight excluding hydrogens is 434 g/mol. The van der Waals surface area contributed by atoms with E-state index in [0.29, 0.717) is 0 Å². The first-order valence-electron chi connectivity index (χ1n) is 12.4. The minimum atomic E-state index is -1.34. The molecule has 0 aliphatic rings. The molecule has 0 bridgehead atoms. The third-order valence-electron chi connectivity index (χ3n) is 7.09. The topological polar surface area (TPSA) is 26.0 Å². The molecular formula is C30H41NSSi. The van der Waals surface area contributed by atoms with Crippen LogP contribution in [0.25, 0.3) is 22.3 Å². The summed E-state index contributed by atoms with van der Waals surface area (Å²) in [4.78, 5) is 0. The monoisotopic (exact) mass is 475 g/mol. The van der Waals surface area contributed by atoms with E-state index in [1.807, 2.05) is 12.1 Å². The predicted octanol–water partition coefficient (Wildman–Crippen LogP) is 9.44. The van der Waals surface area contributed by atoms with Gasteiger partial charge in [0.15, 0.2) is 0 Å². The molecule has 3 aromatic carbocycles. The summed E-state index contributed by atoms with van der Waals surface area (Å²) in [6, 6.07) is 26.1. The van der Waals surface area contributed by atoms with E-state index in [1.54, 1.807) is 0 Å². The Labute approximate surface area is 206 Å². The number of hydrogen-bond acceptors (Lipinski definition) is 2. The molecule has 0 aliphatic carbocycles. The van der Waals surface area contributed by atoms with Crippen LogP contribution < -0.4 is 5.73 Å². The second-order valence-corrected chi connectivity index (χ2v) is 19.0. The normalized spacial score (nSPS) is 12.2. The summed E-state index contributed by atoms with van der Waals surface area (Å²) in [6.45, 7) is 14.8. The first kappa shape index (κ1) is 25.6. The molecule has 0 saturated carbocycles. The highest BCUT2D eigenvalue weighted by Gasteiger charge is 2.43. The average Bonchev–Trinajstić information content (AvgIpc) is 2.79. The summed E-state index contributed by atoms with van der Waals surface area (Å²) in [5, 5.41) is 0. The van der Waals surface area contributed by atoms with Crippen molar-refractivity contribution in [1.82, 2.24) is 0 Å². The molecule has 0 radical (unpaired) electrons. The molecule has 0 heterocycles. The molecule has 0 spiro atoms.